The van der Waals surface area contributed by atoms with E-state index in [0.29, 0.717) is 19.1 Å². The number of hydrogen-bond acceptors (Lipinski definition) is 4. The second-order valence-electron chi connectivity index (χ2n) is 5.29. The van der Waals surface area contributed by atoms with Gasteiger partial charge in [-0.3, -0.25) is 4.90 Å². The van der Waals surface area contributed by atoms with Crippen LogP contribution in [0.5, 0.6) is 0 Å². The van der Waals surface area contributed by atoms with E-state index in [1.54, 1.807) is 4.31 Å². The van der Waals surface area contributed by atoms with E-state index in [2.05, 4.69) is 17.1 Å². The summed E-state index contributed by atoms with van der Waals surface area (Å²) >= 11 is 0. The van der Waals surface area contributed by atoms with E-state index in [0.717, 1.165) is 32.1 Å². The molecule has 1 N–H and O–H groups in total. The lowest BCUT2D eigenvalue weighted by Gasteiger charge is -2.35. The van der Waals surface area contributed by atoms with Crippen molar-refractivity contribution in [3.8, 4) is 0 Å². The van der Waals surface area contributed by atoms with Gasteiger partial charge in [0.2, 0.25) is 10.0 Å². The Morgan fingerprint density at radius 1 is 1.24 bits per heavy atom. The van der Waals surface area contributed by atoms with Gasteiger partial charge in [-0.2, -0.15) is 4.31 Å². The van der Waals surface area contributed by atoms with Crippen LogP contribution in [0.1, 0.15) is 13.3 Å². The molecule has 2 unspecified atom stereocenters. The average Bonchev–Trinajstić information content (AvgIpc) is 2.64. The molecule has 0 aromatic heterocycles. The second kappa shape index (κ2) is 5.22. The third-order valence-corrected chi connectivity index (χ3v) is 5.25. The summed E-state index contributed by atoms with van der Waals surface area (Å²) in [6.07, 6.45) is 2.55. The van der Waals surface area contributed by atoms with Gasteiger partial charge in [-0.05, 0) is 18.9 Å². The summed E-state index contributed by atoms with van der Waals surface area (Å²) in [6, 6.07) is 0.583. The number of sulfonamides is 1. The van der Waals surface area contributed by atoms with Crippen molar-refractivity contribution >= 4 is 10.0 Å². The first-order valence-corrected chi connectivity index (χ1v) is 8.22. The molecule has 0 amide bonds. The van der Waals surface area contributed by atoms with Crippen molar-refractivity contribution in [3.05, 3.63) is 0 Å². The Balaban J connectivity index is 1.79. The van der Waals surface area contributed by atoms with Gasteiger partial charge in [-0.25, -0.2) is 8.42 Å². The van der Waals surface area contributed by atoms with Gasteiger partial charge in [-0.1, -0.05) is 6.92 Å². The molecule has 0 bridgehead atoms. The van der Waals surface area contributed by atoms with E-state index >= 15 is 0 Å². The highest BCUT2D eigenvalue weighted by Gasteiger charge is 2.28. The molecule has 0 aromatic carbocycles. The Morgan fingerprint density at radius 2 is 1.88 bits per heavy atom. The normalized spacial score (nSPS) is 33.1. The van der Waals surface area contributed by atoms with Gasteiger partial charge in [0.05, 0.1) is 6.26 Å². The highest BCUT2D eigenvalue weighted by atomic mass is 32.2. The molecule has 100 valence electrons. The zero-order chi connectivity index (χ0) is 12.5. The highest BCUT2D eigenvalue weighted by molar-refractivity contribution is 7.88. The van der Waals surface area contributed by atoms with Crippen LogP contribution in [0.15, 0.2) is 0 Å². The fourth-order valence-electron chi connectivity index (χ4n) is 2.67. The first-order chi connectivity index (χ1) is 7.97. The quantitative estimate of drug-likeness (QED) is 0.748. The van der Waals surface area contributed by atoms with Crippen molar-refractivity contribution in [3.63, 3.8) is 0 Å². The fourth-order valence-corrected chi connectivity index (χ4v) is 3.49. The maximum absolute atomic E-state index is 11.4. The summed E-state index contributed by atoms with van der Waals surface area (Å²) in [4.78, 5) is 2.38. The van der Waals surface area contributed by atoms with Crippen molar-refractivity contribution in [2.45, 2.75) is 19.4 Å². The molecular weight excluding hydrogens is 238 g/mol. The van der Waals surface area contributed by atoms with Crippen molar-refractivity contribution in [2.75, 3.05) is 45.5 Å². The van der Waals surface area contributed by atoms with Crippen LogP contribution in [-0.4, -0.2) is 69.2 Å². The topological polar surface area (TPSA) is 52.6 Å². The number of piperazine rings is 1. The first-order valence-electron chi connectivity index (χ1n) is 6.37. The Hall–Kier alpha value is -0.170. The maximum atomic E-state index is 11.4. The number of nitrogens with zero attached hydrogens (tertiary/aromatic N) is 2. The molecule has 6 heteroatoms. The van der Waals surface area contributed by atoms with Crippen molar-refractivity contribution < 1.29 is 8.42 Å². The molecule has 2 aliphatic rings. The molecule has 2 aliphatic heterocycles. The Bertz CT molecular complexity index is 350. The largest absolute Gasteiger partial charge is 0.312 e. The molecule has 0 aliphatic carbocycles. The minimum Gasteiger partial charge on any atom is -0.312 e. The minimum absolute atomic E-state index is 0.583. The summed E-state index contributed by atoms with van der Waals surface area (Å²) in [5.41, 5.74) is 0. The van der Waals surface area contributed by atoms with Crippen LogP contribution in [0.4, 0.5) is 0 Å². The van der Waals surface area contributed by atoms with E-state index < -0.39 is 10.0 Å². The third-order valence-electron chi connectivity index (χ3n) is 3.95. The standard InChI is InChI=1S/C11H23N3O2S/c1-10-3-4-12-11(10)9-13-5-7-14(8-6-13)17(2,15)16/h10-12H,3-9H2,1-2H3. The molecule has 0 radical (unpaired) electrons. The van der Waals surface area contributed by atoms with Gasteiger partial charge in [0.25, 0.3) is 0 Å². The van der Waals surface area contributed by atoms with Gasteiger partial charge < -0.3 is 5.32 Å². The van der Waals surface area contributed by atoms with Crippen LogP contribution < -0.4 is 5.32 Å². The number of rotatable bonds is 3. The highest BCUT2D eigenvalue weighted by Crippen LogP contribution is 2.16. The molecule has 2 atom stereocenters. The van der Waals surface area contributed by atoms with Crippen LogP contribution >= 0.6 is 0 Å². The molecule has 2 rings (SSSR count). The van der Waals surface area contributed by atoms with Crippen LogP contribution in [0, 0.1) is 5.92 Å². The van der Waals surface area contributed by atoms with Gasteiger partial charge >= 0.3 is 0 Å². The van der Waals surface area contributed by atoms with Crippen molar-refractivity contribution in [1.29, 1.82) is 0 Å². The van der Waals surface area contributed by atoms with E-state index in [1.165, 1.54) is 12.7 Å². The van der Waals surface area contributed by atoms with E-state index in [-0.39, 0.29) is 0 Å². The fraction of sp³-hybridized carbons (Fsp3) is 1.00. The van der Waals surface area contributed by atoms with Gasteiger partial charge in [0.1, 0.15) is 0 Å². The number of nitrogens with one attached hydrogen (secondary N) is 1. The molecular formula is C11H23N3O2S. The summed E-state index contributed by atoms with van der Waals surface area (Å²) in [6.45, 7) is 7.46. The van der Waals surface area contributed by atoms with E-state index in [9.17, 15) is 8.42 Å². The lowest BCUT2D eigenvalue weighted by Crippen LogP contribution is -2.51. The monoisotopic (exact) mass is 261 g/mol. The van der Waals surface area contributed by atoms with E-state index in [4.69, 9.17) is 0 Å². The Morgan fingerprint density at radius 3 is 2.35 bits per heavy atom. The van der Waals surface area contributed by atoms with E-state index in [1.807, 2.05) is 0 Å². The van der Waals surface area contributed by atoms with Crippen LogP contribution in [0.3, 0.4) is 0 Å². The van der Waals surface area contributed by atoms with Gasteiger partial charge in [0.15, 0.2) is 0 Å². The SMILES string of the molecule is CC1CCNC1CN1CCN(S(C)(=O)=O)CC1. The third kappa shape index (κ3) is 3.40. The summed E-state index contributed by atoms with van der Waals surface area (Å²) in [5.74, 6) is 0.739. The molecule has 17 heavy (non-hydrogen) atoms. The molecule has 2 heterocycles. The predicted molar refractivity (Wildman–Crippen MR) is 68.4 cm³/mol. The lowest BCUT2D eigenvalue weighted by molar-refractivity contribution is 0.168. The Labute approximate surface area is 104 Å². The minimum atomic E-state index is -3.00. The van der Waals surface area contributed by atoms with Crippen LogP contribution in [-0.2, 0) is 10.0 Å². The van der Waals surface area contributed by atoms with Gasteiger partial charge in [-0.15, -0.1) is 0 Å². The molecule has 0 spiro atoms. The summed E-state index contributed by atoms with van der Waals surface area (Å²) < 4.78 is 24.3. The molecule has 2 saturated heterocycles. The number of hydrogen-bond donors (Lipinski definition) is 1. The zero-order valence-electron chi connectivity index (χ0n) is 10.7. The van der Waals surface area contributed by atoms with Crippen molar-refractivity contribution in [2.24, 2.45) is 5.92 Å². The molecule has 5 nitrogen and oxygen atoms in total. The first kappa shape index (κ1) is 13.3. The predicted octanol–water partition coefficient (Wildman–Crippen LogP) is -0.438. The lowest BCUT2D eigenvalue weighted by atomic mass is 10.0. The Kier molecular flexibility index (Phi) is 4.07. The van der Waals surface area contributed by atoms with Crippen LogP contribution in [0.2, 0.25) is 0 Å². The van der Waals surface area contributed by atoms with Crippen LogP contribution in [0.25, 0.3) is 0 Å². The molecule has 0 saturated carbocycles. The smallest absolute Gasteiger partial charge is 0.211 e. The second-order valence-corrected chi connectivity index (χ2v) is 7.27. The van der Waals surface area contributed by atoms with Gasteiger partial charge in [0, 0.05) is 38.8 Å². The summed E-state index contributed by atoms with van der Waals surface area (Å²) in [7, 11) is -3.00. The molecule has 0 aromatic rings. The average molecular weight is 261 g/mol. The van der Waals surface area contributed by atoms with Crippen molar-refractivity contribution in [1.82, 2.24) is 14.5 Å². The molecule has 2 fully saturated rings. The summed E-state index contributed by atoms with van der Waals surface area (Å²) in [5, 5.41) is 3.52. The maximum Gasteiger partial charge on any atom is 0.211 e. The zero-order valence-corrected chi connectivity index (χ0v) is 11.5.